The molecule has 0 aromatic heterocycles. The molecule has 0 unspecified atom stereocenters. The molecule has 15 heavy (non-hydrogen) atoms. The van der Waals surface area contributed by atoms with Gasteiger partial charge in [-0.15, -0.1) is 0 Å². The minimum Gasteiger partial charge on any atom is -0.481 e. The SMILES string of the molecule is O=C(O)C1(CC2CCCCC2)CCCC1. The van der Waals surface area contributed by atoms with Gasteiger partial charge < -0.3 is 5.11 Å². The van der Waals surface area contributed by atoms with Crippen molar-refractivity contribution >= 4 is 5.97 Å². The third-order valence-corrected chi connectivity index (χ3v) is 4.42. The zero-order valence-corrected chi connectivity index (χ0v) is 9.50. The number of carbonyl (C=O) groups is 1. The maximum atomic E-state index is 11.4. The fourth-order valence-corrected chi connectivity index (χ4v) is 3.50. The quantitative estimate of drug-likeness (QED) is 0.772. The zero-order valence-electron chi connectivity index (χ0n) is 9.50. The summed E-state index contributed by atoms with van der Waals surface area (Å²) in [6.07, 6.45) is 11.6. The van der Waals surface area contributed by atoms with E-state index in [-0.39, 0.29) is 5.41 Å². The van der Waals surface area contributed by atoms with E-state index in [0.29, 0.717) is 5.92 Å². The Bertz CT molecular complexity index is 223. The molecule has 0 spiro atoms. The molecule has 0 atom stereocenters. The van der Waals surface area contributed by atoms with E-state index in [1.807, 2.05) is 0 Å². The van der Waals surface area contributed by atoms with Gasteiger partial charge in [-0.05, 0) is 25.2 Å². The van der Waals surface area contributed by atoms with Crippen LogP contribution in [-0.2, 0) is 4.79 Å². The van der Waals surface area contributed by atoms with E-state index in [1.54, 1.807) is 0 Å². The van der Waals surface area contributed by atoms with Crippen molar-refractivity contribution in [1.82, 2.24) is 0 Å². The Morgan fingerprint density at radius 3 is 2.20 bits per heavy atom. The minimum absolute atomic E-state index is 0.331. The summed E-state index contributed by atoms with van der Waals surface area (Å²) in [5, 5.41) is 9.39. The highest BCUT2D eigenvalue weighted by Crippen LogP contribution is 2.45. The number of carboxylic acid groups (broad SMARTS) is 1. The summed E-state index contributed by atoms with van der Waals surface area (Å²) in [5.41, 5.74) is -0.331. The Kier molecular flexibility index (Phi) is 3.32. The van der Waals surface area contributed by atoms with Crippen molar-refractivity contribution in [2.75, 3.05) is 0 Å². The van der Waals surface area contributed by atoms with E-state index in [4.69, 9.17) is 0 Å². The van der Waals surface area contributed by atoms with Gasteiger partial charge in [0.25, 0.3) is 0 Å². The molecular weight excluding hydrogens is 188 g/mol. The molecular formula is C13H22O2. The third-order valence-electron chi connectivity index (χ3n) is 4.42. The van der Waals surface area contributed by atoms with Crippen molar-refractivity contribution in [3.8, 4) is 0 Å². The van der Waals surface area contributed by atoms with Crippen LogP contribution in [0, 0.1) is 11.3 Å². The van der Waals surface area contributed by atoms with Crippen LogP contribution in [0.5, 0.6) is 0 Å². The summed E-state index contributed by atoms with van der Waals surface area (Å²) in [7, 11) is 0. The molecule has 2 heteroatoms. The first-order valence-electron chi connectivity index (χ1n) is 6.46. The van der Waals surface area contributed by atoms with Crippen LogP contribution < -0.4 is 0 Å². The minimum atomic E-state index is -0.523. The van der Waals surface area contributed by atoms with Crippen LogP contribution in [0.4, 0.5) is 0 Å². The molecule has 0 aromatic carbocycles. The first kappa shape index (κ1) is 11.0. The van der Waals surface area contributed by atoms with E-state index >= 15 is 0 Å². The van der Waals surface area contributed by atoms with Gasteiger partial charge in [0, 0.05) is 0 Å². The average molecular weight is 210 g/mol. The van der Waals surface area contributed by atoms with Gasteiger partial charge in [0.15, 0.2) is 0 Å². The van der Waals surface area contributed by atoms with Gasteiger partial charge in [-0.2, -0.15) is 0 Å². The Morgan fingerprint density at radius 2 is 1.67 bits per heavy atom. The van der Waals surface area contributed by atoms with Crippen LogP contribution in [0.2, 0.25) is 0 Å². The lowest BCUT2D eigenvalue weighted by atomic mass is 9.73. The maximum Gasteiger partial charge on any atom is 0.309 e. The van der Waals surface area contributed by atoms with E-state index in [0.717, 1.165) is 32.1 Å². The highest BCUT2D eigenvalue weighted by atomic mass is 16.4. The van der Waals surface area contributed by atoms with E-state index < -0.39 is 5.97 Å². The Balaban J connectivity index is 1.96. The van der Waals surface area contributed by atoms with Crippen LogP contribution in [0.25, 0.3) is 0 Å². The van der Waals surface area contributed by atoms with Crippen molar-refractivity contribution in [2.45, 2.75) is 64.2 Å². The highest BCUT2D eigenvalue weighted by molar-refractivity contribution is 5.75. The Morgan fingerprint density at radius 1 is 1.07 bits per heavy atom. The number of carboxylic acids is 1. The molecule has 1 N–H and O–H groups in total. The molecule has 2 nitrogen and oxygen atoms in total. The number of rotatable bonds is 3. The monoisotopic (exact) mass is 210 g/mol. The second kappa shape index (κ2) is 4.54. The Hall–Kier alpha value is -0.530. The predicted octanol–water partition coefficient (Wildman–Crippen LogP) is 3.60. The molecule has 2 saturated carbocycles. The molecule has 0 heterocycles. The highest BCUT2D eigenvalue weighted by Gasteiger charge is 2.42. The first-order valence-corrected chi connectivity index (χ1v) is 6.46. The molecule has 0 aliphatic heterocycles. The molecule has 0 aromatic rings. The molecule has 2 rings (SSSR count). The van der Waals surface area contributed by atoms with Gasteiger partial charge in [-0.3, -0.25) is 4.79 Å². The molecule has 2 aliphatic rings. The number of hydrogen-bond acceptors (Lipinski definition) is 1. The summed E-state index contributed by atoms with van der Waals surface area (Å²) in [5.74, 6) is 0.179. The van der Waals surface area contributed by atoms with Gasteiger partial charge in [-0.1, -0.05) is 44.9 Å². The topological polar surface area (TPSA) is 37.3 Å². The van der Waals surface area contributed by atoms with Gasteiger partial charge >= 0.3 is 5.97 Å². The smallest absolute Gasteiger partial charge is 0.309 e. The van der Waals surface area contributed by atoms with Crippen LogP contribution in [-0.4, -0.2) is 11.1 Å². The lowest BCUT2D eigenvalue weighted by Gasteiger charge is -2.31. The molecule has 0 radical (unpaired) electrons. The largest absolute Gasteiger partial charge is 0.481 e. The van der Waals surface area contributed by atoms with Gasteiger partial charge in [0.2, 0.25) is 0 Å². The molecule has 0 bridgehead atoms. The van der Waals surface area contributed by atoms with E-state index in [2.05, 4.69) is 0 Å². The van der Waals surface area contributed by atoms with Gasteiger partial charge in [0.1, 0.15) is 0 Å². The number of aliphatic carboxylic acids is 1. The van der Waals surface area contributed by atoms with Crippen LogP contribution in [0.15, 0.2) is 0 Å². The normalized spacial score (nSPS) is 26.7. The standard InChI is InChI=1S/C13H22O2/c14-12(15)13(8-4-5-9-13)10-11-6-2-1-3-7-11/h11H,1-10H2,(H,14,15). The average Bonchev–Trinajstić information content (AvgIpc) is 2.69. The fourth-order valence-electron chi connectivity index (χ4n) is 3.50. The molecule has 86 valence electrons. The van der Waals surface area contributed by atoms with Crippen molar-refractivity contribution in [3.63, 3.8) is 0 Å². The van der Waals surface area contributed by atoms with Gasteiger partial charge in [-0.25, -0.2) is 0 Å². The molecule has 0 amide bonds. The molecule has 2 aliphatic carbocycles. The van der Waals surface area contributed by atoms with Crippen molar-refractivity contribution in [2.24, 2.45) is 11.3 Å². The van der Waals surface area contributed by atoms with Crippen LogP contribution in [0.3, 0.4) is 0 Å². The van der Waals surface area contributed by atoms with Crippen molar-refractivity contribution in [3.05, 3.63) is 0 Å². The fraction of sp³-hybridized carbons (Fsp3) is 0.923. The van der Waals surface area contributed by atoms with Crippen molar-refractivity contribution in [1.29, 1.82) is 0 Å². The zero-order chi connectivity index (χ0) is 10.7. The molecule has 0 saturated heterocycles. The summed E-state index contributed by atoms with van der Waals surface area (Å²) in [6, 6.07) is 0. The summed E-state index contributed by atoms with van der Waals surface area (Å²) in [6.45, 7) is 0. The summed E-state index contributed by atoms with van der Waals surface area (Å²) in [4.78, 5) is 11.4. The Labute approximate surface area is 92.1 Å². The van der Waals surface area contributed by atoms with E-state index in [9.17, 15) is 9.90 Å². The first-order chi connectivity index (χ1) is 7.23. The third kappa shape index (κ3) is 2.35. The van der Waals surface area contributed by atoms with Crippen LogP contribution in [0.1, 0.15) is 64.2 Å². The summed E-state index contributed by atoms with van der Waals surface area (Å²) < 4.78 is 0. The molecule has 2 fully saturated rings. The lowest BCUT2D eigenvalue weighted by molar-refractivity contribution is -0.150. The predicted molar refractivity (Wildman–Crippen MR) is 59.7 cm³/mol. The second-order valence-corrected chi connectivity index (χ2v) is 5.50. The van der Waals surface area contributed by atoms with E-state index in [1.165, 1.54) is 32.1 Å². The summed E-state index contributed by atoms with van der Waals surface area (Å²) >= 11 is 0. The number of hydrogen-bond donors (Lipinski definition) is 1. The second-order valence-electron chi connectivity index (χ2n) is 5.50. The maximum absolute atomic E-state index is 11.4. The van der Waals surface area contributed by atoms with Gasteiger partial charge in [0.05, 0.1) is 5.41 Å². The van der Waals surface area contributed by atoms with Crippen molar-refractivity contribution < 1.29 is 9.90 Å². The lowest BCUT2D eigenvalue weighted by Crippen LogP contribution is -2.31. The van der Waals surface area contributed by atoms with Crippen LogP contribution >= 0.6 is 0 Å².